The van der Waals surface area contributed by atoms with E-state index in [1.165, 1.54) is 25.3 Å². The van der Waals surface area contributed by atoms with Crippen LogP contribution in [0.15, 0.2) is 24.4 Å². The molecule has 2 heterocycles. The fraction of sp³-hybridized carbons (Fsp3) is 0.412. The zero-order chi connectivity index (χ0) is 17.1. The third-order valence-corrected chi connectivity index (χ3v) is 4.27. The molecule has 1 aliphatic rings. The predicted octanol–water partition coefficient (Wildman–Crippen LogP) is 1.91. The first-order valence-corrected chi connectivity index (χ1v) is 7.91. The van der Waals surface area contributed by atoms with E-state index in [1.807, 2.05) is 0 Å². The number of nitrogens with one attached hydrogen (secondary N) is 2. The van der Waals surface area contributed by atoms with Crippen molar-refractivity contribution in [2.75, 3.05) is 27.2 Å². The molecule has 0 bridgehead atoms. The van der Waals surface area contributed by atoms with Gasteiger partial charge < -0.3 is 19.9 Å². The van der Waals surface area contributed by atoms with Crippen LogP contribution >= 0.6 is 0 Å². The number of amides is 1. The number of carbonyl (C=O) groups excluding carboxylic acids is 1. The second kappa shape index (κ2) is 7.00. The highest BCUT2D eigenvalue weighted by molar-refractivity contribution is 5.96. The van der Waals surface area contributed by atoms with Gasteiger partial charge in [0.15, 0.2) is 0 Å². The van der Waals surface area contributed by atoms with Gasteiger partial charge >= 0.3 is 0 Å². The van der Waals surface area contributed by atoms with Gasteiger partial charge in [-0.05, 0) is 38.2 Å². The van der Waals surface area contributed by atoms with Crippen LogP contribution in [0.2, 0.25) is 0 Å². The molecule has 1 fully saturated rings. The Morgan fingerprint density at radius 2 is 2.38 bits per heavy atom. The fourth-order valence-corrected chi connectivity index (χ4v) is 2.96. The maximum absolute atomic E-state index is 13.4. The van der Waals surface area contributed by atoms with Gasteiger partial charge in [0.2, 0.25) is 0 Å². The second-order valence-corrected chi connectivity index (χ2v) is 6.07. The number of halogens is 1. The van der Waals surface area contributed by atoms with Crippen molar-refractivity contribution in [2.24, 2.45) is 0 Å². The van der Waals surface area contributed by atoms with Crippen LogP contribution in [0.4, 0.5) is 4.39 Å². The van der Waals surface area contributed by atoms with Gasteiger partial charge in [-0.25, -0.2) is 9.37 Å². The van der Waals surface area contributed by atoms with E-state index in [0.717, 1.165) is 31.0 Å². The van der Waals surface area contributed by atoms with E-state index < -0.39 is 5.82 Å². The summed E-state index contributed by atoms with van der Waals surface area (Å²) in [7, 11) is 3.54. The predicted molar refractivity (Wildman–Crippen MR) is 87.6 cm³/mol. The lowest BCUT2D eigenvalue weighted by atomic mass is 10.1. The largest absolute Gasteiger partial charge is 0.496 e. The van der Waals surface area contributed by atoms with Crippen molar-refractivity contribution < 1.29 is 13.9 Å². The lowest BCUT2D eigenvalue weighted by molar-refractivity contribution is 0.0947. The van der Waals surface area contributed by atoms with Crippen LogP contribution in [-0.2, 0) is 6.54 Å². The number of aromatic amines is 1. The van der Waals surface area contributed by atoms with E-state index in [1.54, 1.807) is 6.20 Å². The SMILES string of the molecule is COc1ccc(F)cc1C(=O)NCc1cnc([C@@H]2CCN(C)C2)[nH]1. The zero-order valence-electron chi connectivity index (χ0n) is 13.8. The number of nitrogens with zero attached hydrogens (tertiary/aromatic N) is 2. The van der Waals surface area contributed by atoms with Crippen molar-refractivity contribution in [2.45, 2.75) is 18.9 Å². The minimum absolute atomic E-state index is 0.176. The monoisotopic (exact) mass is 332 g/mol. The smallest absolute Gasteiger partial charge is 0.255 e. The molecule has 128 valence electrons. The molecule has 0 saturated carbocycles. The summed E-state index contributed by atoms with van der Waals surface area (Å²) >= 11 is 0. The van der Waals surface area contributed by atoms with Gasteiger partial charge in [0.1, 0.15) is 17.4 Å². The molecule has 24 heavy (non-hydrogen) atoms. The number of rotatable bonds is 5. The molecule has 1 aliphatic heterocycles. The van der Waals surface area contributed by atoms with E-state index in [0.29, 0.717) is 18.2 Å². The average molecular weight is 332 g/mol. The number of imidazole rings is 1. The third kappa shape index (κ3) is 3.56. The molecular formula is C17H21FN4O2. The summed E-state index contributed by atoms with van der Waals surface area (Å²) in [5, 5.41) is 2.76. The molecule has 0 aliphatic carbocycles. The highest BCUT2D eigenvalue weighted by atomic mass is 19.1. The number of likely N-dealkylation sites (N-methyl/N-ethyl adjacent to an activating group) is 1. The first kappa shape index (κ1) is 16.4. The number of aromatic nitrogens is 2. The summed E-state index contributed by atoms with van der Waals surface area (Å²) in [6, 6.07) is 3.87. The van der Waals surface area contributed by atoms with Gasteiger partial charge in [-0.2, -0.15) is 0 Å². The molecule has 0 unspecified atom stereocenters. The van der Waals surface area contributed by atoms with E-state index >= 15 is 0 Å². The highest BCUT2D eigenvalue weighted by Gasteiger charge is 2.23. The number of ether oxygens (including phenoxy) is 1. The standard InChI is InChI=1S/C17H21FN4O2/c1-22-6-5-11(10-22)16-19-8-13(21-16)9-20-17(23)14-7-12(18)3-4-15(14)24-2/h3-4,7-8,11H,5-6,9-10H2,1-2H3,(H,19,21)(H,20,23)/t11-/m1/s1. The van der Waals surface area contributed by atoms with Crippen LogP contribution < -0.4 is 10.1 Å². The number of hydrogen-bond donors (Lipinski definition) is 2. The maximum Gasteiger partial charge on any atom is 0.255 e. The summed E-state index contributed by atoms with van der Waals surface area (Å²) < 4.78 is 18.5. The molecular weight excluding hydrogens is 311 g/mol. The Morgan fingerprint density at radius 3 is 3.08 bits per heavy atom. The lowest BCUT2D eigenvalue weighted by Gasteiger charge is -2.09. The Balaban J connectivity index is 1.63. The van der Waals surface area contributed by atoms with Crippen LogP contribution in [0.5, 0.6) is 5.75 Å². The van der Waals surface area contributed by atoms with E-state index in [4.69, 9.17) is 4.74 Å². The Bertz CT molecular complexity index is 731. The Kier molecular flexibility index (Phi) is 4.80. The minimum atomic E-state index is -0.477. The van der Waals surface area contributed by atoms with E-state index in [2.05, 4.69) is 27.2 Å². The van der Waals surface area contributed by atoms with Crippen LogP contribution in [0.3, 0.4) is 0 Å². The normalized spacial score (nSPS) is 17.9. The summed E-state index contributed by atoms with van der Waals surface area (Å²) in [6.45, 7) is 2.35. The topological polar surface area (TPSA) is 70.2 Å². The first-order valence-electron chi connectivity index (χ1n) is 7.91. The molecule has 1 aromatic heterocycles. The molecule has 0 radical (unpaired) electrons. The molecule has 6 nitrogen and oxygen atoms in total. The summed E-state index contributed by atoms with van der Waals surface area (Å²) in [6.07, 6.45) is 2.81. The van der Waals surface area contributed by atoms with Crippen molar-refractivity contribution >= 4 is 5.91 Å². The summed E-state index contributed by atoms with van der Waals surface area (Å²) in [4.78, 5) is 22.2. The third-order valence-electron chi connectivity index (χ3n) is 4.27. The molecule has 2 aromatic rings. The maximum atomic E-state index is 13.4. The number of H-pyrrole nitrogens is 1. The second-order valence-electron chi connectivity index (χ2n) is 6.07. The fourth-order valence-electron chi connectivity index (χ4n) is 2.96. The molecule has 2 N–H and O–H groups in total. The van der Waals surface area contributed by atoms with Gasteiger partial charge in [-0.1, -0.05) is 0 Å². The first-order chi connectivity index (χ1) is 11.6. The van der Waals surface area contributed by atoms with Crippen LogP contribution in [0, 0.1) is 5.82 Å². The summed E-state index contributed by atoms with van der Waals surface area (Å²) in [5.41, 5.74) is 0.998. The lowest BCUT2D eigenvalue weighted by Crippen LogP contribution is -2.23. The Morgan fingerprint density at radius 1 is 1.54 bits per heavy atom. The van der Waals surface area contributed by atoms with E-state index in [-0.39, 0.29) is 11.5 Å². The van der Waals surface area contributed by atoms with Crippen molar-refractivity contribution in [3.8, 4) is 5.75 Å². The number of carbonyl (C=O) groups is 1. The number of benzene rings is 1. The van der Waals surface area contributed by atoms with Gasteiger partial charge in [0.05, 0.1) is 31.1 Å². The molecule has 1 saturated heterocycles. The van der Waals surface area contributed by atoms with E-state index in [9.17, 15) is 9.18 Å². The van der Waals surface area contributed by atoms with Crippen LogP contribution in [0.1, 0.15) is 34.2 Å². The van der Waals surface area contributed by atoms with Gasteiger partial charge in [0.25, 0.3) is 5.91 Å². The molecule has 3 rings (SSSR count). The van der Waals surface area contributed by atoms with Gasteiger partial charge in [-0.3, -0.25) is 4.79 Å². The van der Waals surface area contributed by atoms with Crippen LogP contribution in [0.25, 0.3) is 0 Å². The molecule has 1 aromatic carbocycles. The quantitative estimate of drug-likeness (QED) is 0.877. The molecule has 1 atom stereocenters. The van der Waals surface area contributed by atoms with Crippen LogP contribution in [-0.4, -0.2) is 48.0 Å². The van der Waals surface area contributed by atoms with Gasteiger partial charge in [0, 0.05) is 12.5 Å². The molecule has 1 amide bonds. The number of hydrogen-bond acceptors (Lipinski definition) is 4. The minimum Gasteiger partial charge on any atom is -0.496 e. The molecule has 0 spiro atoms. The average Bonchev–Trinajstić information content (AvgIpc) is 3.21. The molecule has 7 heteroatoms. The van der Waals surface area contributed by atoms with Crippen molar-refractivity contribution in [1.82, 2.24) is 20.2 Å². The van der Waals surface area contributed by atoms with Crippen molar-refractivity contribution in [1.29, 1.82) is 0 Å². The van der Waals surface area contributed by atoms with Crippen molar-refractivity contribution in [3.63, 3.8) is 0 Å². The number of methoxy groups -OCH3 is 1. The summed E-state index contributed by atoms with van der Waals surface area (Å²) in [5.74, 6) is 0.834. The zero-order valence-corrected chi connectivity index (χ0v) is 13.8. The Labute approximate surface area is 140 Å². The van der Waals surface area contributed by atoms with Gasteiger partial charge in [-0.15, -0.1) is 0 Å². The number of likely N-dealkylation sites (tertiary alicyclic amines) is 1. The Hall–Kier alpha value is -2.41. The van der Waals surface area contributed by atoms with Crippen molar-refractivity contribution in [3.05, 3.63) is 47.3 Å². The highest BCUT2D eigenvalue weighted by Crippen LogP contribution is 2.24.